The number of rotatable bonds is 6. The van der Waals surface area contributed by atoms with E-state index in [4.69, 9.17) is 28.9 Å². The van der Waals surface area contributed by atoms with E-state index >= 15 is 0 Å². The molecule has 0 saturated heterocycles. The number of nitrogens with zero attached hydrogens (tertiary/aromatic N) is 1. The molecular formula is C17H20Cl2N2. The minimum Gasteiger partial charge on any atom is -0.398 e. The second kappa shape index (κ2) is 7.69. The quantitative estimate of drug-likeness (QED) is 0.759. The molecule has 0 aliphatic carbocycles. The van der Waals surface area contributed by atoms with Crippen molar-refractivity contribution < 1.29 is 0 Å². The van der Waals surface area contributed by atoms with Crippen molar-refractivity contribution in [3.8, 4) is 0 Å². The SMILES string of the molecule is CCCN(Cc1ccccc1N)Cc1c(Cl)cccc1Cl. The van der Waals surface area contributed by atoms with Gasteiger partial charge in [-0.2, -0.15) is 0 Å². The summed E-state index contributed by atoms with van der Waals surface area (Å²) in [7, 11) is 0. The molecule has 2 nitrogen and oxygen atoms in total. The Balaban J connectivity index is 2.18. The second-order valence-corrected chi connectivity index (χ2v) is 5.92. The van der Waals surface area contributed by atoms with Crippen molar-refractivity contribution in [2.75, 3.05) is 12.3 Å². The van der Waals surface area contributed by atoms with Gasteiger partial charge in [0.1, 0.15) is 0 Å². The van der Waals surface area contributed by atoms with Gasteiger partial charge in [-0.25, -0.2) is 0 Å². The number of para-hydroxylation sites is 1. The molecule has 0 bridgehead atoms. The molecule has 2 aromatic rings. The number of hydrogen-bond donors (Lipinski definition) is 1. The summed E-state index contributed by atoms with van der Waals surface area (Å²) in [6.45, 7) is 4.65. The molecule has 0 heterocycles. The molecule has 0 saturated carbocycles. The van der Waals surface area contributed by atoms with Gasteiger partial charge in [-0.3, -0.25) is 4.90 Å². The van der Waals surface area contributed by atoms with Gasteiger partial charge in [0.15, 0.2) is 0 Å². The van der Waals surface area contributed by atoms with Crippen molar-refractivity contribution in [3.63, 3.8) is 0 Å². The minimum atomic E-state index is 0.713. The molecule has 0 amide bonds. The van der Waals surface area contributed by atoms with E-state index in [9.17, 15) is 0 Å². The number of nitrogens with two attached hydrogens (primary N) is 1. The van der Waals surface area contributed by atoms with E-state index in [1.165, 1.54) is 0 Å². The summed E-state index contributed by atoms with van der Waals surface area (Å²) in [5, 5.41) is 1.43. The van der Waals surface area contributed by atoms with Gasteiger partial charge in [0.05, 0.1) is 0 Å². The normalized spacial score (nSPS) is 11.0. The van der Waals surface area contributed by atoms with Crippen LogP contribution in [0.25, 0.3) is 0 Å². The Hall–Kier alpha value is -1.22. The molecule has 2 rings (SSSR count). The smallest absolute Gasteiger partial charge is 0.0465 e. The van der Waals surface area contributed by atoms with Crippen LogP contribution in [0.4, 0.5) is 5.69 Å². The highest BCUT2D eigenvalue weighted by molar-refractivity contribution is 6.35. The molecule has 4 heteroatoms. The van der Waals surface area contributed by atoms with Gasteiger partial charge >= 0.3 is 0 Å². The molecule has 2 aromatic carbocycles. The first-order chi connectivity index (χ1) is 10.1. The molecule has 2 N–H and O–H groups in total. The average Bonchev–Trinajstić information content (AvgIpc) is 2.45. The van der Waals surface area contributed by atoms with Crippen LogP contribution in [-0.4, -0.2) is 11.4 Å². The van der Waals surface area contributed by atoms with Crippen molar-refractivity contribution in [2.24, 2.45) is 0 Å². The first-order valence-corrected chi connectivity index (χ1v) is 7.86. The van der Waals surface area contributed by atoms with Crippen molar-refractivity contribution in [2.45, 2.75) is 26.4 Å². The van der Waals surface area contributed by atoms with E-state index in [1.807, 2.05) is 36.4 Å². The lowest BCUT2D eigenvalue weighted by Gasteiger charge is -2.23. The van der Waals surface area contributed by atoms with Gasteiger partial charge in [0.25, 0.3) is 0 Å². The average molecular weight is 323 g/mol. The molecule has 112 valence electrons. The fraction of sp³-hybridized carbons (Fsp3) is 0.294. The third-order valence-corrected chi connectivity index (χ3v) is 4.14. The predicted molar refractivity (Wildman–Crippen MR) is 91.7 cm³/mol. The minimum absolute atomic E-state index is 0.713. The maximum Gasteiger partial charge on any atom is 0.0465 e. The van der Waals surface area contributed by atoms with Crippen LogP contribution in [0.15, 0.2) is 42.5 Å². The maximum absolute atomic E-state index is 6.27. The topological polar surface area (TPSA) is 29.3 Å². The molecule has 0 radical (unpaired) electrons. The Morgan fingerprint density at radius 1 is 0.952 bits per heavy atom. The highest BCUT2D eigenvalue weighted by Gasteiger charge is 2.12. The fourth-order valence-corrected chi connectivity index (χ4v) is 2.87. The van der Waals surface area contributed by atoms with Gasteiger partial charge in [0.2, 0.25) is 0 Å². The second-order valence-electron chi connectivity index (χ2n) is 5.11. The van der Waals surface area contributed by atoms with Crippen LogP contribution in [0.2, 0.25) is 10.0 Å². The summed E-state index contributed by atoms with van der Waals surface area (Å²) in [5.74, 6) is 0. The molecule has 0 fully saturated rings. The third kappa shape index (κ3) is 4.37. The predicted octanol–water partition coefficient (Wildman–Crippen LogP) is 4.99. The number of nitrogen functional groups attached to an aromatic ring is 1. The molecule has 0 aliphatic rings. The van der Waals surface area contributed by atoms with Gasteiger partial charge < -0.3 is 5.73 Å². The lowest BCUT2D eigenvalue weighted by atomic mass is 10.1. The third-order valence-electron chi connectivity index (χ3n) is 3.43. The molecular weight excluding hydrogens is 303 g/mol. The highest BCUT2D eigenvalue weighted by atomic mass is 35.5. The number of halogens is 2. The van der Waals surface area contributed by atoms with E-state index in [0.29, 0.717) is 10.0 Å². The summed E-state index contributed by atoms with van der Waals surface area (Å²) < 4.78 is 0. The summed E-state index contributed by atoms with van der Waals surface area (Å²) in [6.07, 6.45) is 1.06. The Morgan fingerprint density at radius 3 is 2.24 bits per heavy atom. The Labute approximate surface area is 136 Å². The first-order valence-electron chi connectivity index (χ1n) is 7.10. The van der Waals surface area contributed by atoms with Crippen molar-refractivity contribution in [3.05, 3.63) is 63.6 Å². The van der Waals surface area contributed by atoms with Crippen LogP contribution in [0.1, 0.15) is 24.5 Å². The van der Waals surface area contributed by atoms with Crippen molar-refractivity contribution in [1.82, 2.24) is 4.90 Å². The van der Waals surface area contributed by atoms with Crippen LogP contribution in [0.3, 0.4) is 0 Å². The number of hydrogen-bond acceptors (Lipinski definition) is 2. The van der Waals surface area contributed by atoms with Gasteiger partial charge in [-0.05, 0) is 36.7 Å². The highest BCUT2D eigenvalue weighted by Crippen LogP contribution is 2.26. The zero-order chi connectivity index (χ0) is 15.2. The van der Waals surface area contributed by atoms with Crippen LogP contribution < -0.4 is 5.73 Å². The molecule has 0 aromatic heterocycles. The van der Waals surface area contributed by atoms with E-state index in [2.05, 4.69) is 17.9 Å². The zero-order valence-electron chi connectivity index (χ0n) is 12.2. The first kappa shape index (κ1) is 16.2. The molecule has 0 spiro atoms. The van der Waals surface area contributed by atoms with Gasteiger partial charge in [0, 0.05) is 34.4 Å². The molecule has 0 unspecified atom stereocenters. The van der Waals surface area contributed by atoms with Gasteiger partial charge in [-0.15, -0.1) is 0 Å². The number of benzene rings is 2. The summed E-state index contributed by atoms with van der Waals surface area (Å²) >= 11 is 12.5. The summed E-state index contributed by atoms with van der Waals surface area (Å²) in [5.41, 5.74) is 8.97. The lowest BCUT2D eigenvalue weighted by molar-refractivity contribution is 0.258. The summed E-state index contributed by atoms with van der Waals surface area (Å²) in [4.78, 5) is 2.32. The monoisotopic (exact) mass is 322 g/mol. The Kier molecular flexibility index (Phi) is 5.92. The zero-order valence-corrected chi connectivity index (χ0v) is 13.7. The molecule has 21 heavy (non-hydrogen) atoms. The maximum atomic E-state index is 6.27. The molecule has 0 atom stereocenters. The van der Waals surface area contributed by atoms with E-state index in [-0.39, 0.29) is 0 Å². The molecule has 0 aliphatic heterocycles. The fourth-order valence-electron chi connectivity index (χ4n) is 2.36. The van der Waals surface area contributed by atoms with E-state index in [1.54, 1.807) is 0 Å². The van der Waals surface area contributed by atoms with E-state index < -0.39 is 0 Å². The van der Waals surface area contributed by atoms with Crippen LogP contribution >= 0.6 is 23.2 Å². The van der Waals surface area contributed by atoms with Crippen molar-refractivity contribution >= 4 is 28.9 Å². The van der Waals surface area contributed by atoms with Crippen molar-refractivity contribution in [1.29, 1.82) is 0 Å². The largest absolute Gasteiger partial charge is 0.398 e. The number of anilines is 1. The Morgan fingerprint density at radius 2 is 1.62 bits per heavy atom. The summed E-state index contributed by atoms with van der Waals surface area (Å²) in [6, 6.07) is 13.6. The lowest BCUT2D eigenvalue weighted by Crippen LogP contribution is -2.24. The Bertz CT molecular complexity index is 579. The van der Waals surface area contributed by atoms with Crippen LogP contribution in [0.5, 0.6) is 0 Å². The van der Waals surface area contributed by atoms with Gasteiger partial charge in [-0.1, -0.05) is 54.4 Å². The van der Waals surface area contributed by atoms with Crippen LogP contribution in [-0.2, 0) is 13.1 Å². The van der Waals surface area contributed by atoms with E-state index in [0.717, 1.165) is 42.9 Å². The van der Waals surface area contributed by atoms with Crippen LogP contribution in [0, 0.1) is 0 Å². The standard InChI is InChI=1S/C17H20Cl2N2/c1-2-10-21(11-13-6-3-4-9-17(13)20)12-14-15(18)7-5-8-16(14)19/h3-9H,2,10-12,20H2,1H3.